The Morgan fingerprint density at radius 2 is 2.39 bits per heavy atom. The first kappa shape index (κ1) is 11.9. The fourth-order valence-corrected chi connectivity index (χ4v) is 1.60. The molecule has 0 aliphatic carbocycles. The highest BCUT2D eigenvalue weighted by Gasteiger charge is 2.19. The number of esters is 1. The molecule has 0 bridgehead atoms. The molecule has 0 unspecified atom stereocenters. The van der Waals surface area contributed by atoms with Gasteiger partial charge in [0, 0.05) is 10.3 Å². The fraction of sp³-hybridized carbons (Fsp3) is 0.182. The van der Waals surface area contributed by atoms with Crippen LogP contribution in [0, 0.1) is 5.82 Å². The number of furan rings is 1. The lowest BCUT2D eigenvalue weighted by molar-refractivity contribution is 0.0596. The van der Waals surface area contributed by atoms with Gasteiger partial charge >= 0.3 is 5.97 Å². The zero-order chi connectivity index (χ0) is 13.1. The van der Waals surface area contributed by atoms with Crippen molar-refractivity contribution in [2.24, 2.45) is 5.11 Å². The summed E-state index contributed by atoms with van der Waals surface area (Å²) < 4.78 is 23.4. The van der Waals surface area contributed by atoms with Crippen LogP contribution in [-0.4, -0.2) is 13.1 Å². The van der Waals surface area contributed by atoms with Crippen molar-refractivity contribution >= 4 is 16.9 Å². The van der Waals surface area contributed by atoms with Gasteiger partial charge in [0.05, 0.1) is 13.7 Å². The molecule has 0 aliphatic heterocycles. The number of carbonyl (C=O) groups excluding carboxylic acids is 1. The molecular formula is C11H8FN3O3. The number of azide groups is 1. The molecule has 0 saturated heterocycles. The lowest BCUT2D eigenvalue weighted by atomic mass is 10.1. The summed E-state index contributed by atoms with van der Waals surface area (Å²) in [5.74, 6) is -1.19. The molecule has 0 aliphatic rings. The summed E-state index contributed by atoms with van der Waals surface area (Å²) >= 11 is 0. The van der Waals surface area contributed by atoms with Crippen molar-refractivity contribution in [1.82, 2.24) is 0 Å². The molecule has 2 rings (SSSR count). The van der Waals surface area contributed by atoms with Crippen LogP contribution in [0.25, 0.3) is 21.4 Å². The Hall–Kier alpha value is -2.53. The second-order valence-corrected chi connectivity index (χ2v) is 3.43. The van der Waals surface area contributed by atoms with Gasteiger partial charge in [-0.15, -0.1) is 0 Å². The van der Waals surface area contributed by atoms with Crippen LogP contribution in [0.2, 0.25) is 0 Å². The highest BCUT2D eigenvalue weighted by atomic mass is 19.1. The monoisotopic (exact) mass is 249 g/mol. The maximum atomic E-state index is 13.6. The van der Waals surface area contributed by atoms with Gasteiger partial charge in [0.1, 0.15) is 17.1 Å². The third-order valence-electron chi connectivity index (χ3n) is 2.37. The van der Waals surface area contributed by atoms with E-state index in [1.165, 1.54) is 6.07 Å². The van der Waals surface area contributed by atoms with Gasteiger partial charge in [0.15, 0.2) is 5.58 Å². The average Bonchev–Trinajstić information content (AvgIpc) is 2.78. The molecule has 7 heteroatoms. The molecule has 18 heavy (non-hydrogen) atoms. The molecule has 0 spiro atoms. The molecule has 0 atom stereocenters. The molecular weight excluding hydrogens is 241 g/mol. The molecule has 1 heterocycles. The average molecular weight is 249 g/mol. The van der Waals surface area contributed by atoms with E-state index in [9.17, 15) is 9.18 Å². The maximum absolute atomic E-state index is 13.6. The summed E-state index contributed by atoms with van der Waals surface area (Å²) in [5.41, 5.74) is 8.04. The van der Waals surface area contributed by atoms with E-state index < -0.39 is 11.8 Å². The summed E-state index contributed by atoms with van der Waals surface area (Å²) in [7, 11) is 1.16. The van der Waals surface area contributed by atoms with Crippen molar-refractivity contribution in [3.8, 4) is 0 Å². The van der Waals surface area contributed by atoms with Crippen molar-refractivity contribution in [1.29, 1.82) is 0 Å². The summed E-state index contributed by atoms with van der Waals surface area (Å²) in [6.07, 6.45) is 0. The number of hydrogen-bond acceptors (Lipinski definition) is 4. The first-order chi connectivity index (χ1) is 8.67. The van der Waals surface area contributed by atoms with E-state index in [0.29, 0.717) is 11.1 Å². The van der Waals surface area contributed by atoms with Crippen molar-refractivity contribution in [3.05, 3.63) is 45.8 Å². The minimum Gasteiger partial charge on any atom is -0.465 e. The van der Waals surface area contributed by atoms with Gasteiger partial charge in [-0.3, -0.25) is 0 Å². The highest BCUT2D eigenvalue weighted by molar-refractivity contribution is 6.02. The van der Waals surface area contributed by atoms with E-state index in [1.807, 2.05) is 0 Å². The fourth-order valence-electron chi connectivity index (χ4n) is 1.60. The van der Waals surface area contributed by atoms with Crippen LogP contribution in [0.5, 0.6) is 0 Å². The molecule has 1 aromatic heterocycles. The van der Waals surface area contributed by atoms with Crippen LogP contribution in [0.1, 0.15) is 16.1 Å². The molecule has 0 N–H and O–H groups in total. The first-order valence-corrected chi connectivity index (χ1v) is 4.97. The first-order valence-electron chi connectivity index (χ1n) is 4.97. The molecule has 0 radical (unpaired) electrons. The third kappa shape index (κ3) is 1.99. The van der Waals surface area contributed by atoms with Gasteiger partial charge in [0.25, 0.3) is 0 Å². The van der Waals surface area contributed by atoms with E-state index >= 15 is 0 Å². The molecule has 2 aromatic rings. The Bertz CT molecular complexity index is 659. The number of hydrogen-bond donors (Lipinski definition) is 0. The molecule has 0 saturated carbocycles. The summed E-state index contributed by atoms with van der Waals surface area (Å²) in [6, 6.07) is 4.21. The van der Waals surface area contributed by atoms with Crippen LogP contribution in [-0.2, 0) is 11.3 Å². The summed E-state index contributed by atoms with van der Waals surface area (Å²) in [5, 5.41) is 3.87. The minimum absolute atomic E-state index is 0.00654. The maximum Gasteiger partial charge on any atom is 0.344 e. The number of rotatable bonds is 3. The van der Waals surface area contributed by atoms with Crippen LogP contribution in [0.4, 0.5) is 4.39 Å². The van der Waals surface area contributed by atoms with Gasteiger partial charge in [-0.25, -0.2) is 9.18 Å². The molecule has 92 valence electrons. The summed E-state index contributed by atoms with van der Waals surface area (Å²) in [6.45, 7) is -0.00654. The number of halogens is 1. The number of methoxy groups -OCH3 is 1. The molecule has 6 nitrogen and oxygen atoms in total. The van der Waals surface area contributed by atoms with E-state index in [4.69, 9.17) is 9.95 Å². The number of nitrogens with zero attached hydrogens (tertiary/aromatic N) is 3. The molecule has 0 amide bonds. The second-order valence-electron chi connectivity index (χ2n) is 3.43. The SMILES string of the molecule is COC(=O)c1c(F)ccc2cc(CN=[N+]=[N-])oc12. The second kappa shape index (κ2) is 4.77. The lowest BCUT2D eigenvalue weighted by Gasteiger charge is -2.01. The third-order valence-corrected chi connectivity index (χ3v) is 2.37. The van der Waals surface area contributed by atoms with Crippen molar-refractivity contribution < 1.29 is 18.3 Å². The van der Waals surface area contributed by atoms with Crippen LogP contribution in [0.15, 0.2) is 27.7 Å². The van der Waals surface area contributed by atoms with Crippen LogP contribution in [0.3, 0.4) is 0 Å². The van der Waals surface area contributed by atoms with Gasteiger partial charge in [-0.05, 0) is 23.7 Å². The normalized spacial score (nSPS) is 10.1. The van der Waals surface area contributed by atoms with E-state index in [-0.39, 0.29) is 17.7 Å². The van der Waals surface area contributed by atoms with Gasteiger partial charge in [0.2, 0.25) is 0 Å². The standard InChI is InChI=1S/C11H8FN3O3/c1-17-11(16)9-8(12)3-2-6-4-7(5-14-15-13)18-10(6)9/h2-4H,5H2,1H3. The van der Waals surface area contributed by atoms with Gasteiger partial charge in [-0.1, -0.05) is 5.11 Å². The van der Waals surface area contributed by atoms with Gasteiger partial charge in [-0.2, -0.15) is 0 Å². The Morgan fingerprint density at radius 1 is 1.61 bits per heavy atom. The van der Waals surface area contributed by atoms with E-state index in [1.54, 1.807) is 6.07 Å². The van der Waals surface area contributed by atoms with Crippen molar-refractivity contribution in [2.75, 3.05) is 7.11 Å². The zero-order valence-corrected chi connectivity index (χ0v) is 9.38. The number of fused-ring (bicyclic) bond motifs is 1. The smallest absolute Gasteiger partial charge is 0.344 e. The number of ether oxygens (including phenoxy) is 1. The Kier molecular flexibility index (Phi) is 3.16. The minimum atomic E-state index is -0.817. The lowest BCUT2D eigenvalue weighted by Crippen LogP contribution is -2.04. The molecule has 0 fully saturated rings. The molecule has 1 aromatic carbocycles. The Morgan fingerprint density at radius 3 is 3.06 bits per heavy atom. The highest BCUT2D eigenvalue weighted by Crippen LogP contribution is 2.26. The van der Waals surface area contributed by atoms with E-state index in [0.717, 1.165) is 13.2 Å². The Balaban J connectivity index is 2.61. The quantitative estimate of drug-likeness (QED) is 0.362. The van der Waals surface area contributed by atoms with Gasteiger partial charge < -0.3 is 9.15 Å². The topological polar surface area (TPSA) is 88.2 Å². The zero-order valence-electron chi connectivity index (χ0n) is 9.38. The van der Waals surface area contributed by atoms with Crippen LogP contribution >= 0.6 is 0 Å². The largest absolute Gasteiger partial charge is 0.465 e. The number of benzene rings is 1. The van der Waals surface area contributed by atoms with Crippen molar-refractivity contribution in [2.45, 2.75) is 6.54 Å². The van der Waals surface area contributed by atoms with E-state index in [2.05, 4.69) is 14.8 Å². The predicted octanol–water partition coefficient (Wildman–Crippen LogP) is 3.17. The predicted molar refractivity (Wildman–Crippen MR) is 60.4 cm³/mol. The summed E-state index contributed by atoms with van der Waals surface area (Å²) in [4.78, 5) is 14.1. The Labute approximate surface area is 101 Å². The van der Waals surface area contributed by atoms with Crippen molar-refractivity contribution in [3.63, 3.8) is 0 Å². The number of carbonyl (C=O) groups is 1. The van der Waals surface area contributed by atoms with Crippen LogP contribution < -0.4 is 0 Å².